The summed E-state index contributed by atoms with van der Waals surface area (Å²) < 4.78 is 23.3. The fourth-order valence-corrected chi connectivity index (χ4v) is 7.67. The van der Waals surface area contributed by atoms with Crippen LogP contribution in [0.4, 0.5) is 0 Å². The molecule has 1 fully saturated rings. The second kappa shape index (κ2) is 10.6. The molecule has 4 N–H and O–H groups in total. The van der Waals surface area contributed by atoms with Crippen molar-refractivity contribution < 1.29 is 33.6 Å². The minimum atomic E-state index is -0.739. The number of carbonyl (C=O) groups is 2. The Morgan fingerprint density at radius 1 is 1.21 bits per heavy atom. The van der Waals surface area contributed by atoms with Gasteiger partial charge in [-0.25, -0.2) is 0 Å². The lowest BCUT2D eigenvalue weighted by Crippen LogP contribution is -2.68. The van der Waals surface area contributed by atoms with Crippen LogP contribution in [-0.2, 0) is 22.4 Å². The van der Waals surface area contributed by atoms with E-state index in [2.05, 4.69) is 21.2 Å². The number of likely N-dealkylation sites (N-methyl/N-ethyl adjacent to an activating group) is 1. The van der Waals surface area contributed by atoms with Crippen LogP contribution < -0.4 is 30.0 Å². The highest BCUT2D eigenvalue weighted by Gasteiger charge is 2.56. The van der Waals surface area contributed by atoms with Gasteiger partial charge in [-0.2, -0.15) is 5.26 Å². The van der Waals surface area contributed by atoms with Gasteiger partial charge in [-0.05, 0) is 51.8 Å². The zero-order valence-corrected chi connectivity index (χ0v) is 25.2. The van der Waals surface area contributed by atoms with Crippen molar-refractivity contribution >= 4 is 11.9 Å². The van der Waals surface area contributed by atoms with Gasteiger partial charge in [0, 0.05) is 47.8 Å². The van der Waals surface area contributed by atoms with Crippen molar-refractivity contribution in [3.05, 3.63) is 39.4 Å². The molecule has 228 valence electrons. The minimum absolute atomic E-state index is 0.00939. The molecule has 2 aromatic carbocycles. The maximum atomic E-state index is 12.8. The standard InChI is InChI=1S/C31H37N5O7/c1-13-7-17-8-19-21(10-32)36-20(25(35(19)5)23(17)26(38)27(13)40-6)9-18-24(22(36)11-34-31(39)15(3)33)30-29(41-12-42-30)14(2)28(18)43-16(4)37/h7,15,19-22,25,38H,8-9,11-12,33H2,1-6H3,(H,34,39)/t15-,19-,20?,21-,22-,25+/m0/s1. The van der Waals surface area contributed by atoms with Gasteiger partial charge in [0.15, 0.2) is 23.0 Å². The van der Waals surface area contributed by atoms with Crippen molar-refractivity contribution in [2.75, 3.05) is 27.5 Å². The molecule has 0 saturated carbocycles. The maximum Gasteiger partial charge on any atom is 0.308 e. The first-order chi connectivity index (χ1) is 20.5. The van der Waals surface area contributed by atoms with Crippen LogP contribution in [-0.4, -0.2) is 78.4 Å². The van der Waals surface area contributed by atoms with Gasteiger partial charge in [0.05, 0.1) is 31.3 Å². The van der Waals surface area contributed by atoms with E-state index in [0.29, 0.717) is 47.0 Å². The van der Waals surface area contributed by atoms with E-state index in [4.69, 9.17) is 24.7 Å². The molecular formula is C31H37N5O7. The number of aryl methyl sites for hydroxylation is 1. The molecule has 1 unspecified atom stereocenters. The second-order valence-electron chi connectivity index (χ2n) is 11.9. The van der Waals surface area contributed by atoms with Crippen molar-refractivity contribution in [3.8, 4) is 34.8 Å². The number of nitriles is 1. The lowest BCUT2D eigenvalue weighted by atomic mass is 9.71. The van der Waals surface area contributed by atoms with Gasteiger partial charge in [-0.3, -0.25) is 19.4 Å². The summed E-state index contributed by atoms with van der Waals surface area (Å²) in [5.74, 6) is 1.05. The number of esters is 1. The largest absolute Gasteiger partial charge is 0.504 e. The molecular weight excluding hydrogens is 554 g/mol. The third-order valence-electron chi connectivity index (χ3n) is 9.39. The molecule has 43 heavy (non-hydrogen) atoms. The van der Waals surface area contributed by atoms with Crippen LogP contribution in [0.2, 0.25) is 0 Å². The van der Waals surface area contributed by atoms with Gasteiger partial charge in [-0.15, -0.1) is 0 Å². The van der Waals surface area contributed by atoms with E-state index in [0.717, 1.165) is 22.3 Å². The number of hydrogen-bond donors (Lipinski definition) is 3. The molecule has 4 aliphatic heterocycles. The first kappa shape index (κ1) is 29.0. The molecule has 1 amide bonds. The number of aromatic hydroxyl groups is 1. The van der Waals surface area contributed by atoms with Gasteiger partial charge >= 0.3 is 5.97 Å². The normalized spacial score (nSPS) is 26.0. The monoisotopic (exact) mass is 591 g/mol. The van der Waals surface area contributed by atoms with Gasteiger partial charge in [0.25, 0.3) is 0 Å². The molecule has 6 rings (SSSR count). The molecule has 2 bridgehead atoms. The highest BCUT2D eigenvalue weighted by Crippen LogP contribution is 2.58. The fourth-order valence-electron chi connectivity index (χ4n) is 7.67. The summed E-state index contributed by atoms with van der Waals surface area (Å²) in [6, 6.07) is 1.83. The molecule has 0 spiro atoms. The average Bonchev–Trinajstić information content (AvgIpc) is 3.44. The maximum absolute atomic E-state index is 12.8. The lowest BCUT2D eigenvalue weighted by Gasteiger charge is -2.60. The van der Waals surface area contributed by atoms with Gasteiger partial charge in [-0.1, -0.05) is 6.07 Å². The number of nitrogens with zero attached hydrogens (tertiary/aromatic N) is 3. The number of piperazine rings is 1. The van der Waals surface area contributed by atoms with Crippen LogP contribution in [0.3, 0.4) is 0 Å². The van der Waals surface area contributed by atoms with E-state index in [-0.39, 0.29) is 43.1 Å². The Kier molecular flexibility index (Phi) is 7.15. The van der Waals surface area contributed by atoms with Crippen LogP contribution in [0.25, 0.3) is 0 Å². The number of benzene rings is 2. The smallest absolute Gasteiger partial charge is 0.308 e. The lowest BCUT2D eigenvalue weighted by molar-refractivity contribution is -0.132. The SMILES string of the molecule is COc1c(C)cc2c(c1O)[C@H]1C3Cc4c(OC(C)=O)c(C)c5c(c4[C@H](CNC(=O)[C@H](C)N)N3[C@@H](C#N)[C@H](C2)N1C)OCO5. The Balaban J connectivity index is 1.61. The Morgan fingerprint density at radius 3 is 2.58 bits per heavy atom. The van der Waals surface area contributed by atoms with Crippen LogP contribution in [0.5, 0.6) is 28.7 Å². The van der Waals surface area contributed by atoms with Crippen molar-refractivity contribution in [1.29, 1.82) is 5.26 Å². The molecule has 0 aromatic heterocycles. The molecule has 4 aliphatic rings. The average molecular weight is 592 g/mol. The first-order valence-corrected chi connectivity index (χ1v) is 14.4. The molecule has 0 radical (unpaired) electrons. The topological polar surface area (TPSA) is 160 Å². The Bertz CT molecular complexity index is 1570. The summed E-state index contributed by atoms with van der Waals surface area (Å²) in [6.45, 7) is 6.79. The van der Waals surface area contributed by atoms with E-state index in [1.807, 2.05) is 27.0 Å². The van der Waals surface area contributed by atoms with Crippen LogP contribution >= 0.6 is 0 Å². The zero-order chi connectivity index (χ0) is 30.9. The molecule has 2 aromatic rings. The van der Waals surface area contributed by atoms with E-state index in [1.54, 1.807) is 6.92 Å². The molecule has 4 heterocycles. The number of nitrogens with one attached hydrogen (secondary N) is 1. The minimum Gasteiger partial charge on any atom is -0.504 e. The highest BCUT2D eigenvalue weighted by molar-refractivity contribution is 5.81. The zero-order valence-electron chi connectivity index (χ0n) is 25.2. The summed E-state index contributed by atoms with van der Waals surface area (Å²) in [6.07, 6.45) is 0.917. The molecule has 1 saturated heterocycles. The number of methoxy groups -OCH3 is 1. The summed E-state index contributed by atoms with van der Waals surface area (Å²) in [4.78, 5) is 29.4. The third-order valence-corrected chi connectivity index (χ3v) is 9.39. The predicted molar refractivity (Wildman–Crippen MR) is 154 cm³/mol. The summed E-state index contributed by atoms with van der Waals surface area (Å²) >= 11 is 0. The summed E-state index contributed by atoms with van der Waals surface area (Å²) in [7, 11) is 3.51. The van der Waals surface area contributed by atoms with Gasteiger partial charge < -0.3 is 35.1 Å². The van der Waals surface area contributed by atoms with Crippen molar-refractivity contribution in [3.63, 3.8) is 0 Å². The number of rotatable bonds is 5. The van der Waals surface area contributed by atoms with Gasteiger partial charge in [0.2, 0.25) is 12.7 Å². The van der Waals surface area contributed by atoms with Crippen molar-refractivity contribution in [1.82, 2.24) is 15.1 Å². The fraction of sp³-hybridized carbons (Fsp3) is 0.516. The number of carbonyl (C=O) groups excluding carboxylic acids is 2. The Hall–Kier alpha value is -4.05. The summed E-state index contributed by atoms with van der Waals surface area (Å²) in [5, 5.41) is 25.3. The molecule has 12 nitrogen and oxygen atoms in total. The Labute approximate surface area is 250 Å². The second-order valence-corrected chi connectivity index (χ2v) is 11.9. The molecule has 12 heteroatoms. The van der Waals surface area contributed by atoms with E-state index < -0.39 is 24.1 Å². The number of fused-ring (bicyclic) bond motifs is 9. The Morgan fingerprint density at radius 2 is 1.93 bits per heavy atom. The van der Waals surface area contributed by atoms with Crippen LogP contribution in [0, 0.1) is 25.2 Å². The number of nitrogens with two attached hydrogens (primary N) is 1. The number of phenolic OH excluding ortho intramolecular Hbond substituents is 1. The van der Waals surface area contributed by atoms with E-state index >= 15 is 0 Å². The number of phenols is 1. The highest BCUT2D eigenvalue weighted by atomic mass is 16.7. The first-order valence-electron chi connectivity index (χ1n) is 14.4. The molecule has 0 aliphatic carbocycles. The van der Waals surface area contributed by atoms with E-state index in [9.17, 15) is 20.0 Å². The third kappa shape index (κ3) is 4.29. The number of amides is 1. The van der Waals surface area contributed by atoms with Crippen molar-refractivity contribution in [2.45, 2.75) is 76.8 Å². The quantitative estimate of drug-likeness (QED) is 0.344. The van der Waals surface area contributed by atoms with Gasteiger partial charge in [0.1, 0.15) is 11.8 Å². The van der Waals surface area contributed by atoms with E-state index in [1.165, 1.54) is 14.0 Å². The van der Waals surface area contributed by atoms with Crippen molar-refractivity contribution in [2.24, 2.45) is 5.73 Å². The molecule has 6 atom stereocenters. The number of hydrogen-bond acceptors (Lipinski definition) is 11. The number of ether oxygens (including phenoxy) is 4. The van der Waals surface area contributed by atoms with Crippen LogP contribution in [0.1, 0.15) is 59.3 Å². The van der Waals surface area contributed by atoms with Crippen LogP contribution in [0.15, 0.2) is 6.07 Å². The predicted octanol–water partition coefficient (Wildman–Crippen LogP) is 1.91. The summed E-state index contributed by atoms with van der Waals surface area (Å²) in [5.41, 5.74) is 10.5.